The van der Waals surface area contributed by atoms with Crippen molar-refractivity contribution in [2.24, 2.45) is 0 Å². The van der Waals surface area contributed by atoms with E-state index in [2.05, 4.69) is 5.32 Å². The fourth-order valence-electron chi connectivity index (χ4n) is 4.35. The Kier molecular flexibility index (Phi) is 5.21. The first-order valence-corrected chi connectivity index (χ1v) is 10.6. The maximum Gasteiger partial charge on any atom is 0.244 e. The number of sulfonamides is 1. The van der Waals surface area contributed by atoms with Crippen molar-refractivity contribution in [3.63, 3.8) is 0 Å². The van der Waals surface area contributed by atoms with E-state index in [9.17, 15) is 13.2 Å². The molecule has 1 N–H and O–H groups in total. The number of nitrogens with zero attached hydrogens (tertiary/aromatic N) is 1. The molecule has 1 aliphatic carbocycles. The standard InChI is InChI=1S/C19H28N2O3S/c1-13-11-14(2)18(15(3)12-13)25(23,24)21-10-6-9-17(21)19(22)20-16-7-4-5-8-16/h11-12,16-17H,4-10H2,1-3H3,(H,20,22)/t17-/m0/s1. The third-order valence-electron chi connectivity index (χ3n) is 5.38. The molecule has 1 saturated heterocycles. The molecule has 0 aromatic heterocycles. The summed E-state index contributed by atoms with van der Waals surface area (Å²) in [6, 6.07) is 3.42. The van der Waals surface area contributed by atoms with Gasteiger partial charge in [-0.1, -0.05) is 30.5 Å². The summed E-state index contributed by atoms with van der Waals surface area (Å²) in [5.41, 5.74) is 2.55. The monoisotopic (exact) mass is 364 g/mol. The van der Waals surface area contributed by atoms with Gasteiger partial charge in [0.2, 0.25) is 15.9 Å². The number of amides is 1. The normalized spacial score (nSPS) is 22.4. The van der Waals surface area contributed by atoms with E-state index in [1.807, 2.05) is 32.9 Å². The van der Waals surface area contributed by atoms with Crippen LogP contribution < -0.4 is 5.32 Å². The van der Waals surface area contributed by atoms with Crippen LogP contribution in [0, 0.1) is 20.8 Å². The molecule has 25 heavy (non-hydrogen) atoms. The predicted molar refractivity (Wildman–Crippen MR) is 98.0 cm³/mol. The quantitative estimate of drug-likeness (QED) is 0.893. The van der Waals surface area contributed by atoms with Gasteiger partial charge in [-0.05, 0) is 57.6 Å². The highest BCUT2D eigenvalue weighted by Crippen LogP contribution is 2.31. The smallest absolute Gasteiger partial charge is 0.244 e. The van der Waals surface area contributed by atoms with Crippen molar-refractivity contribution in [2.45, 2.75) is 76.3 Å². The Labute approximate surface area is 150 Å². The average molecular weight is 365 g/mol. The van der Waals surface area contributed by atoms with E-state index in [1.165, 1.54) is 4.31 Å². The average Bonchev–Trinajstić information content (AvgIpc) is 3.16. The topological polar surface area (TPSA) is 66.5 Å². The molecular formula is C19H28N2O3S. The van der Waals surface area contributed by atoms with Crippen LogP contribution in [0.1, 0.15) is 55.2 Å². The van der Waals surface area contributed by atoms with Gasteiger partial charge in [0.1, 0.15) is 6.04 Å². The van der Waals surface area contributed by atoms with Gasteiger partial charge in [-0.25, -0.2) is 8.42 Å². The van der Waals surface area contributed by atoms with Crippen molar-refractivity contribution in [2.75, 3.05) is 6.54 Å². The van der Waals surface area contributed by atoms with Crippen LogP contribution in [0.5, 0.6) is 0 Å². The first-order valence-electron chi connectivity index (χ1n) is 9.21. The molecule has 6 heteroatoms. The maximum atomic E-state index is 13.3. The molecule has 0 unspecified atom stereocenters. The van der Waals surface area contributed by atoms with Gasteiger partial charge in [0.05, 0.1) is 4.90 Å². The number of carbonyl (C=O) groups is 1. The van der Waals surface area contributed by atoms with Crippen LogP contribution in [0.4, 0.5) is 0 Å². The number of carbonyl (C=O) groups excluding carboxylic acids is 1. The summed E-state index contributed by atoms with van der Waals surface area (Å²) >= 11 is 0. The van der Waals surface area contributed by atoms with Gasteiger partial charge in [-0.3, -0.25) is 4.79 Å². The Hall–Kier alpha value is -1.40. The Bertz CT molecular complexity index is 744. The second-order valence-electron chi connectivity index (χ2n) is 7.49. The second kappa shape index (κ2) is 7.08. The zero-order valence-electron chi connectivity index (χ0n) is 15.3. The molecule has 5 nitrogen and oxygen atoms in total. The van der Waals surface area contributed by atoms with Gasteiger partial charge in [-0.15, -0.1) is 0 Å². The number of rotatable bonds is 4. The van der Waals surface area contributed by atoms with Crippen LogP contribution in [-0.4, -0.2) is 37.3 Å². The summed E-state index contributed by atoms with van der Waals surface area (Å²) < 4.78 is 28.0. The highest BCUT2D eigenvalue weighted by atomic mass is 32.2. The molecule has 138 valence electrons. The Morgan fingerprint density at radius 1 is 1.04 bits per heavy atom. The summed E-state index contributed by atoms with van der Waals surface area (Å²) in [4.78, 5) is 13.1. The van der Waals surface area contributed by atoms with E-state index in [0.717, 1.165) is 48.8 Å². The van der Waals surface area contributed by atoms with Crippen LogP contribution in [0.25, 0.3) is 0 Å². The summed E-state index contributed by atoms with van der Waals surface area (Å²) in [6.45, 7) is 6.04. The van der Waals surface area contributed by atoms with Crippen molar-refractivity contribution in [3.8, 4) is 0 Å². The fourth-order valence-corrected chi connectivity index (χ4v) is 6.42. The van der Waals surface area contributed by atoms with Crippen LogP contribution in [0.3, 0.4) is 0 Å². The molecule has 0 spiro atoms. The van der Waals surface area contributed by atoms with Crippen molar-refractivity contribution < 1.29 is 13.2 Å². The Balaban J connectivity index is 1.87. The minimum atomic E-state index is -3.67. The van der Waals surface area contributed by atoms with Crippen molar-refractivity contribution in [1.29, 1.82) is 0 Å². The zero-order chi connectivity index (χ0) is 18.2. The molecule has 1 amide bonds. The molecule has 1 saturated carbocycles. The van der Waals surface area contributed by atoms with E-state index >= 15 is 0 Å². The van der Waals surface area contributed by atoms with Crippen LogP contribution in [0.15, 0.2) is 17.0 Å². The molecule has 1 atom stereocenters. The SMILES string of the molecule is Cc1cc(C)c(S(=O)(=O)N2CCC[C@H]2C(=O)NC2CCCC2)c(C)c1. The molecule has 0 bridgehead atoms. The number of hydrogen-bond acceptors (Lipinski definition) is 3. The second-order valence-corrected chi connectivity index (χ2v) is 9.32. The number of aryl methyl sites for hydroxylation is 3. The van der Waals surface area contributed by atoms with E-state index in [0.29, 0.717) is 17.9 Å². The molecule has 1 heterocycles. The lowest BCUT2D eigenvalue weighted by atomic mass is 10.1. The summed E-state index contributed by atoms with van der Waals surface area (Å²) in [7, 11) is -3.67. The first kappa shape index (κ1) is 18.4. The minimum absolute atomic E-state index is 0.129. The summed E-state index contributed by atoms with van der Waals surface area (Å²) in [5, 5.41) is 3.07. The molecule has 2 fully saturated rings. The van der Waals surface area contributed by atoms with Gasteiger partial charge < -0.3 is 5.32 Å². The number of nitrogens with one attached hydrogen (secondary N) is 1. The molecule has 1 aromatic rings. The lowest BCUT2D eigenvalue weighted by Gasteiger charge is -2.26. The molecule has 2 aliphatic rings. The van der Waals surface area contributed by atoms with Crippen molar-refractivity contribution in [3.05, 3.63) is 28.8 Å². The Morgan fingerprint density at radius 3 is 2.24 bits per heavy atom. The van der Waals surface area contributed by atoms with E-state index in [-0.39, 0.29) is 11.9 Å². The number of hydrogen-bond donors (Lipinski definition) is 1. The highest BCUT2D eigenvalue weighted by molar-refractivity contribution is 7.89. The van der Waals surface area contributed by atoms with Gasteiger partial charge in [0.15, 0.2) is 0 Å². The van der Waals surface area contributed by atoms with Gasteiger partial charge in [0.25, 0.3) is 0 Å². The highest BCUT2D eigenvalue weighted by Gasteiger charge is 2.41. The van der Waals surface area contributed by atoms with Gasteiger partial charge in [-0.2, -0.15) is 4.31 Å². The fraction of sp³-hybridized carbons (Fsp3) is 0.632. The lowest BCUT2D eigenvalue weighted by molar-refractivity contribution is -0.124. The van der Waals surface area contributed by atoms with E-state index in [1.54, 1.807) is 0 Å². The van der Waals surface area contributed by atoms with Crippen LogP contribution in [-0.2, 0) is 14.8 Å². The molecule has 0 radical (unpaired) electrons. The van der Waals surface area contributed by atoms with Crippen LogP contribution >= 0.6 is 0 Å². The maximum absolute atomic E-state index is 13.3. The Morgan fingerprint density at radius 2 is 1.64 bits per heavy atom. The van der Waals surface area contributed by atoms with Crippen molar-refractivity contribution >= 4 is 15.9 Å². The molecule has 3 rings (SSSR count). The van der Waals surface area contributed by atoms with Crippen LogP contribution in [0.2, 0.25) is 0 Å². The van der Waals surface area contributed by atoms with E-state index < -0.39 is 16.1 Å². The third kappa shape index (κ3) is 3.60. The summed E-state index contributed by atoms with van der Waals surface area (Å²) in [6.07, 6.45) is 5.61. The molecule has 1 aliphatic heterocycles. The lowest BCUT2D eigenvalue weighted by Crippen LogP contribution is -2.48. The summed E-state index contributed by atoms with van der Waals surface area (Å²) in [5.74, 6) is -0.129. The first-order chi connectivity index (χ1) is 11.8. The molecule has 1 aromatic carbocycles. The minimum Gasteiger partial charge on any atom is -0.352 e. The van der Waals surface area contributed by atoms with Gasteiger partial charge in [0, 0.05) is 12.6 Å². The predicted octanol–water partition coefficient (Wildman–Crippen LogP) is 2.82. The van der Waals surface area contributed by atoms with Gasteiger partial charge >= 0.3 is 0 Å². The molecular weight excluding hydrogens is 336 g/mol. The number of benzene rings is 1. The third-order valence-corrected chi connectivity index (χ3v) is 7.59. The van der Waals surface area contributed by atoms with Crippen molar-refractivity contribution in [1.82, 2.24) is 9.62 Å². The largest absolute Gasteiger partial charge is 0.352 e. The zero-order valence-corrected chi connectivity index (χ0v) is 16.2. The van der Waals surface area contributed by atoms with E-state index in [4.69, 9.17) is 0 Å².